The van der Waals surface area contributed by atoms with E-state index >= 15 is 0 Å². The van der Waals surface area contributed by atoms with Crippen LogP contribution in [0.15, 0.2) is 0 Å². The molecule has 0 saturated heterocycles. The lowest BCUT2D eigenvalue weighted by molar-refractivity contribution is 0.0358. The lowest BCUT2D eigenvalue weighted by atomic mass is 9.75. The molecule has 0 heterocycles. The molecule has 5 nitrogen and oxygen atoms in total. The van der Waals surface area contributed by atoms with Crippen molar-refractivity contribution in [3.8, 4) is 0 Å². The average molecular weight is 297 g/mol. The van der Waals surface area contributed by atoms with Gasteiger partial charge < -0.3 is 20.2 Å². The van der Waals surface area contributed by atoms with Gasteiger partial charge in [0.25, 0.3) is 0 Å². The van der Waals surface area contributed by atoms with Gasteiger partial charge >= 0.3 is 6.03 Å². The van der Waals surface area contributed by atoms with Crippen LogP contribution in [0.1, 0.15) is 44.9 Å². The minimum absolute atomic E-state index is 0.0398. The maximum absolute atomic E-state index is 12.4. The van der Waals surface area contributed by atoms with Gasteiger partial charge in [-0.25, -0.2) is 4.79 Å². The standard InChI is InChI=1S/C16H31N3O2/c1-18(2)16(9-5-10-16)12-19(3)15(21)17-14-7-4-6-13(14)8-11-20/h13-14,20H,4-12H2,1-3H3,(H,17,21)/t13-,14+/m0/s1. The Labute approximate surface area is 128 Å². The maximum Gasteiger partial charge on any atom is 0.317 e. The Morgan fingerprint density at radius 3 is 2.48 bits per heavy atom. The van der Waals surface area contributed by atoms with E-state index in [-0.39, 0.29) is 24.2 Å². The van der Waals surface area contributed by atoms with Gasteiger partial charge in [-0.3, -0.25) is 0 Å². The lowest BCUT2D eigenvalue weighted by Crippen LogP contribution is -2.59. The van der Waals surface area contributed by atoms with Crippen LogP contribution in [0.2, 0.25) is 0 Å². The Morgan fingerprint density at radius 2 is 1.95 bits per heavy atom. The molecule has 2 atom stereocenters. The van der Waals surface area contributed by atoms with Crippen LogP contribution in [0, 0.1) is 5.92 Å². The number of likely N-dealkylation sites (N-methyl/N-ethyl adjacent to an activating group) is 2. The van der Waals surface area contributed by atoms with Gasteiger partial charge in [0.15, 0.2) is 0 Å². The van der Waals surface area contributed by atoms with E-state index < -0.39 is 0 Å². The zero-order valence-corrected chi connectivity index (χ0v) is 13.8. The number of aliphatic hydroxyl groups excluding tert-OH is 1. The Morgan fingerprint density at radius 1 is 1.24 bits per heavy atom. The SMILES string of the molecule is CN(CC1(N(C)C)CCC1)C(=O)N[C@@H]1CCC[C@H]1CCO. The van der Waals surface area contributed by atoms with Gasteiger partial charge in [-0.1, -0.05) is 6.42 Å². The second kappa shape index (κ2) is 6.97. The minimum atomic E-state index is 0.0398. The van der Waals surface area contributed by atoms with E-state index in [1.807, 2.05) is 11.9 Å². The molecule has 0 spiro atoms. The summed E-state index contributed by atoms with van der Waals surface area (Å²) in [6, 6.07) is 0.279. The molecule has 0 aromatic rings. The predicted molar refractivity (Wildman–Crippen MR) is 84.3 cm³/mol. The molecular weight excluding hydrogens is 266 g/mol. The number of hydrogen-bond acceptors (Lipinski definition) is 3. The number of rotatable bonds is 6. The highest BCUT2D eigenvalue weighted by Gasteiger charge is 2.41. The van der Waals surface area contributed by atoms with E-state index in [0.717, 1.165) is 32.2 Å². The summed E-state index contributed by atoms with van der Waals surface area (Å²) >= 11 is 0. The van der Waals surface area contributed by atoms with Crippen molar-refractivity contribution in [1.82, 2.24) is 15.1 Å². The van der Waals surface area contributed by atoms with Crippen molar-refractivity contribution < 1.29 is 9.90 Å². The van der Waals surface area contributed by atoms with Crippen LogP contribution in [0.5, 0.6) is 0 Å². The number of hydrogen-bond donors (Lipinski definition) is 2. The average Bonchev–Trinajstić information content (AvgIpc) is 2.81. The van der Waals surface area contributed by atoms with Gasteiger partial charge in [-0.15, -0.1) is 0 Å². The van der Waals surface area contributed by atoms with Crippen molar-refractivity contribution >= 4 is 6.03 Å². The van der Waals surface area contributed by atoms with Gasteiger partial charge in [0.05, 0.1) is 0 Å². The molecule has 2 amide bonds. The van der Waals surface area contributed by atoms with E-state index in [0.29, 0.717) is 5.92 Å². The van der Waals surface area contributed by atoms with Crippen LogP contribution >= 0.6 is 0 Å². The van der Waals surface area contributed by atoms with Gasteiger partial charge in [0.1, 0.15) is 0 Å². The fraction of sp³-hybridized carbons (Fsp3) is 0.938. The van der Waals surface area contributed by atoms with Crippen LogP contribution in [-0.4, -0.2) is 66.8 Å². The summed E-state index contributed by atoms with van der Waals surface area (Å²) in [5.74, 6) is 0.443. The summed E-state index contributed by atoms with van der Waals surface area (Å²) in [5.41, 5.74) is 0.173. The first-order valence-electron chi connectivity index (χ1n) is 8.28. The first-order valence-corrected chi connectivity index (χ1v) is 8.28. The fourth-order valence-electron chi connectivity index (χ4n) is 3.85. The molecule has 2 aliphatic rings. The van der Waals surface area contributed by atoms with Crippen molar-refractivity contribution in [3.05, 3.63) is 0 Å². The zero-order chi connectivity index (χ0) is 15.5. The number of amides is 2. The van der Waals surface area contributed by atoms with Crippen molar-refractivity contribution in [1.29, 1.82) is 0 Å². The molecule has 2 fully saturated rings. The van der Waals surface area contributed by atoms with Crippen molar-refractivity contribution in [3.63, 3.8) is 0 Å². The highest BCUT2D eigenvalue weighted by molar-refractivity contribution is 5.74. The molecule has 2 saturated carbocycles. The maximum atomic E-state index is 12.4. The summed E-state index contributed by atoms with van der Waals surface area (Å²) < 4.78 is 0. The highest BCUT2D eigenvalue weighted by atomic mass is 16.3. The molecule has 5 heteroatoms. The first-order chi connectivity index (χ1) is 9.98. The molecule has 0 bridgehead atoms. The van der Waals surface area contributed by atoms with Gasteiger partial charge in [-0.2, -0.15) is 0 Å². The van der Waals surface area contributed by atoms with E-state index in [2.05, 4.69) is 24.3 Å². The largest absolute Gasteiger partial charge is 0.396 e. The molecule has 0 aromatic carbocycles. The molecule has 2 aliphatic carbocycles. The van der Waals surface area contributed by atoms with Crippen molar-refractivity contribution in [2.24, 2.45) is 5.92 Å². The second-order valence-electron chi connectivity index (χ2n) is 7.09. The van der Waals surface area contributed by atoms with E-state index in [4.69, 9.17) is 5.11 Å². The van der Waals surface area contributed by atoms with Crippen LogP contribution in [0.3, 0.4) is 0 Å². The Kier molecular flexibility index (Phi) is 5.49. The quantitative estimate of drug-likeness (QED) is 0.784. The van der Waals surface area contributed by atoms with E-state index in [1.165, 1.54) is 19.3 Å². The van der Waals surface area contributed by atoms with Gasteiger partial charge in [0, 0.05) is 31.8 Å². The summed E-state index contributed by atoms with van der Waals surface area (Å²) in [6.45, 7) is 1.01. The number of nitrogens with zero attached hydrogens (tertiary/aromatic N) is 2. The van der Waals surface area contributed by atoms with Crippen molar-refractivity contribution in [2.45, 2.75) is 56.5 Å². The normalized spacial score (nSPS) is 27.5. The Bertz CT molecular complexity index is 355. The first kappa shape index (κ1) is 16.6. The second-order valence-corrected chi connectivity index (χ2v) is 7.09. The summed E-state index contributed by atoms with van der Waals surface area (Å²) in [7, 11) is 6.12. The Balaban J connectivity index is 1.85. The predicted octanol–water partition coefficient (Wildman–Crippen LogP) is 1.66. The summed E-state index contributed by atoms with van der Waals surface area (Å²) in [6.07, 6.45) is 7.73. The lowest BCUT2D eigenvalue weighted by Gasteiger charge is -2.49. The third-order valence-corrected chi connectivity index (χ3v) is 5.58. The number of carbonyl (C=O) groups excluding carboxylic acids is 1. The van der Waals surface area contributed by atoms with E-state index in [1.54, 1.807) is 0 Å². The van der Waals surface area contributed by atoms with Gasteiger partial charge in [-0.05, 0) is 58.5 Å². The molecule has 0 unspecified atom stereocenters. The van der Waals surface area contributed by atoms with Crippen LogP contribution < -0.4 is 5.32 Å². The number of carbonyl (C=O) groups is 1. The number of aliphatic hydroxyl groups is 1. The summed E-state index contributed by atoms with van der Waals surface area (Å²) in [4.78, 5) is 16.5. The van der Waals surface area contributed by atoms with Crippen molar-refractivity contribution in [2.75, 3.05) is 34.3 Å². The molecule has 21 heavy (non-hydrogen) atoms. The smallest absolute Gasteiger partial charge is 0.317 e. The fourth-order valence-corrected chi connectivity index (χ4v) is 3.85. The number of urea groups is 1. The molecule has 2 N–H and O–H groups in total. The molecule has 0 radical (unpaired) electrons. The zero-order valence-electron chi connectivity index (χ0n) is 13.8. The molecule has 2 rings (SSSR count). The molecule has 122 valence electrons. The molecule has 0 aliphatic heterocycles. The van der Waals surface area contributed by atoms with Crippen LogP contribution in [-0.2, 0) is 0 Å². The topological polar surface area (TPSA) is 55.8 Å². The van der Waals surface area contributed by atoms with Crippen LogP contribution in [0.25, 0.3) is 0 Å². The van der Waals surface area contributed by atoms with Gasteiger partial charge in [0.2, 0.25) is 0 Å². The summed E-state index contributed by atoms with van der Waals surface area (Å²) in [5, 5.41) is 12.3. The Hall–Kier alpha value is -0.810. The third kappa shape index (κ3) is 3.69. The van der Waals surface area contributed by atoms with Crippen LogP contribution in [0.4, 0.5) is 4.79 Å². The monoisotopic (exact) mass is 297 g/mol. The molecule has 0 aromatic heterocycles. The number of nitrogens with one attached hydrogen (secondary N) is 1. The molecular formula is C16H31N3O2. The minimum Gasteiger partial charge on any atom is -0.396 e. The van der Waals surface area contributed by atoms with E-state index in [9.17, 15) is 4.79 Å². The third-order valence-electron chi connectivity index (χ3n) is 5.58. The highest BCUT2D eigenvalue weighted by Crippen LogP contribution is 2.36.